The molecule has 5 nitrogen and oxygen atoms in total. The fourth-order valence-electron chi connectivity index (χ4n) is 3.53. The lowest BCUT2D eigenvalue weighted by molar-refractivity contribution is 0.322. The molecule has 1 saturated heterocycles. The molecule has 2 aromatic heterocycles. The highest BCUT2D eigenvalue weighted by atomic mass is 32.1. The Balaban J connectivity index is 1.33. The quantitative estimate of drug-likeness (QED) is 0.584. The van der Waals surface area contributed by atoms with E-state index in [0.29, 0.717) is 6.61 Å². The van der Waals surface area contributed by atoms with Gasteiger partial charge in [0, 0.05) is 24.4 Å². The van der Waals surface area contributed by atoms with E-state index < -0.39 is 0 Å². The minimum absolute atomic E-state index is 0.677. The van der Waals surface area contributed by atoms with Gasteiger partial charge in [0.05, 0.1) is 24.0 Å². The Morgan fingerprint density at radius 3 is 2.82 bits per heavy atom. The van der Waals surface area contributed by atoms with E-state index in [1.165, 1.54) is 16.0 Å². The Bertz CT molecular complexity index is 950. The molecule has 4 rings (SSSR count). The van der Waals surface area contributed by atoms with Crippen molar-refractivity contribution in [3.05, 3.63) is 63.4 Å². The van der Waals surface area contributed by atoms with Gasteiger partial charge < -0.3 is 14.2 Å². The van der Waals surface area contributed by atoms with Gasteiger partial charge in [-0.05, 0) is 44.4 Å². The molecule has 1 fully saturated rings. The number of piperidine rings is 1. The van der Waals surface area contributed by atoms with Crippen molar-refractivity contribution in [3.8, 4) is 5.75 Å². The van der Waals surface area contributed by atoms with Crippen LogP contribution in [0.15, 0.2) is 46.1 Å². The first kappa shape index (κ1) is 18.7. The molecule has 3 heterocycles. The maximum atomic E-state index is 5.97. The number of anilines is 1. The number of hydrogen-bond acceptors (Lipinski definition) is 6. The predicted octanol–water partition coefficient (Wildman–Crippen LogP) is 5.05. The van der Waals surface area contributed by atoms with Crippen molar-refractivity contribution in [2.24, 2.45) is 0 Å². The van der Waals surface area contributed by atoms with Crippen LogP contribution < -0.4 is 9.64 Å². The summed E-state index contributed by atoms with van der Waals surface area (Å²) in [5.41, 5.74) is 6.80. The van der Waals surface area contributed by atoms with Crippen molar-refractivity contribution >= 4 is 23.1 Å². The van der Waals surface area contributed by atoms with Gasteiger partial charge >= 0.3 is 0 Å². The highest BCUT2D eigenvalue weighted by Gasteiger charge is 2.18. The molecule has 0 atom stereocenters. The Hall–Kier alpha value is -2.60. The second-order valence-corrected chi connectivity index (χ2v) is 8.03. The third-order valence-corrected chi connectivity index (χ3v) is 6.14. The molecule has 3 aromatic rings. The van der Waals surface area contributed by atoms with E-state index in [2.05, 4.69) is 39.3 Å². The zero-order valence-corrected chi connectivity index (χ0v) is 17.2. The zero-order chi connectivity index (χ0) is 19.3. The molecule has 1 aliphatic heterocycles. The number of aromatic nitrogens is 2. The Kier molecular flexibility index (Phi) is 5.76. The smallest absolute Gasteiger partial charge is 0.156 e. The van der Waals surface area contributed by atoms with Gasteiger partial charge in [-0.1, -0.05) is 28.9 Å². The molecule has 0 amide bonds. The van der Waals surface area contributed by atoms with Crippen LogP contribution >= 0.6 is 11.3 Å². The van der Waals surface area contributed by atoms with E-state index in [0.717, 1.165) is 55.2 Å². The first-order valence-corrected chi connectivity index (χ1v) is 10.5. The second-order valence-electron chi connectivity index (χ2n) is 7.09. The minimum atomic E-state index is 0.677. The van der Waals surface area contributed by atoms with Gasteiger partial charge in [-0.3, -0.25) is 0 Å². The van der Waals surface area contributed by atoms with E-state index >= 15 is 0 Å². The summed E-state index contributed by atoms with van der Waals surface area (Å²) < 4.78 is 11.2. The molecule has 6 heteroatoms. The number of hydrogen-bond donors (Lipinski definition) is 0. The monoisotopic (exact) mass is 395 g/mol. The molecular weight excluding hydrogens is 370 g/mol. The Morgan fingerprint density at radius 1 is 1.25 bits per heavy atom. The van der Waals surface area contributed by atoms with Crippen LogP contribution in [0.5, 0.6) is 5.75 Å². The summed E-state index contributed by atoms with van der Waals surface area (Å²) in [6.07, 6.45) is 7.14. The highest BCUT2D eigenvalue weighted by molar-refractivity contribution is 7.09. The summed E-state index contributed by atoms with van der Waals surface area (Å²) in [5, 5.41) is 3.89. The molecule has 0 spiro atoms. The predicted molar refractivity (Wildman–Crippen MR) is 113 cm³/mol. The molecule has 1 aliphatic rings. The summed E-state index contributed by atoms with van der Waals surface area (Å²) >= 11 is 1.70. The van der Waals surface area contributed by atoms with Crippen molar-refractivity contribution in [1.29, 1.82) is 0 Å². The molecule has 0 bridgehead atoms. The lowest BCUT2D eigenvalue weighted by atomic mass is 10.0. The molecule has 0 radical (unpaired) electrons. The maximum Gasteiger partial charge on any atom is 0.156 e. The average Bonchev–Trinajstić information content (AvgIpc) is 3.31. The van der Waals surface area contributed by atoms with Crippen molar-refractivity contribution in [2.45, 2.75) is 33.1 Å². The van der Waals surface area contributed by atoms with Gasteiger partial charge in [-0.15, -0.1) is 11.3 Å². The largest absolute Gasteiger partial charge is 0.493 e. The van der Waals surface area contributed by atoms with E-state index in [9.17, 15) is 0 Å². The summed E-state index contributed by atoms with van der Waals surface area (Å²) in [7, 11) is 0. The Labute approximate surface area is 169 Å². The van der Waals surface area contributed by atoms with Gasteiger partial charge in [0.1, 0.15) is 11.4 Å². The Morgan fingerprint density at radius 2 is 2.11 bits per heavy atom. The van der Waals surface area contributed by atoms with Crippen LogP contribution in [0, 0.1) is 13.8 Å². The number of benzene rings is 1. The summed E-state index contributed by atoms with van der Waals surface area (Å²) in [5.74, 6) is 1.82. The summed E-state index contributed by atoms with van der Waals surface area (Å²) in [4.78, 5) is 7.94. The van der Waals surface area contributed by atoms with Crippen LogP contribution in [0.2, 0.25) is 0 Å². The topological polar surface area (TPSA) is 51.4 Å². The normalized spacial score (nSPS) is 14.4. The SMILES string of the molecule is Cc1ncsc1CCOc1cccc(C=C2CCN(c3cnoc3C)CC2)c1. The van der Waals surface area contributed by atoms with Crippen LogP contribution in [0.4, 0.5) is 5.69 Å². The molecule has 0 saturated carbocycles. The average molecular weight is 396 g/mol. The van der Waals surface area contributed by atoms with Crippen LogP contribution in [0.25, 0.3) is 6.08 Å². The van der Waals surface area contributed by atoms with Crippen molar-refractivity contribution in [2.75, 3.05) is 24.6 Å². The molecule has 0 unspecified atom stereocenters. The zero-order valence-electron chi connectivity index (χ0n) is 16.4. The number of nitrogens with zero attached hydrogens (tertiary/aromatic N) is 3. The molecular formula is C22H25N3O2S. The lowest BCUT2D eigenvalue weighted by Crippen LogP contribution is -2.30. The standard InChI is InChI=1S/C22H25N3O2S/c1-16-22(28-15-23-16)8-11-26-20-5-3-4-19(13-20)12-18-6-9-25(10-7-18)21-14-24-27-17(21)2/h3-5,12-15H,6-11H2,1-2H3. The summed E-state index contributed by atoms with van der Waals surface area (Å²) in [6.45, 7) is 6.69. The van der Waals surface area contributed by atoms with Crippen molar-refractivity contribution in [3.63, 3.8) is 0 Å². The van der Waals surface area contributed by atoms with Crippen molar-refractivity contribution < 1.29 is 9.26 Å². The summed E-state index contributed by atoms with van der Waals surface area (Å²) in [6, 6.07) is 8.36. The lowest BCUT2D eigenvalue weighted by Gasteiger charge is -2.29. The number of ether oxygens (including phenoxy) is 1. The fourth-order valence-corrected chi connectivity index (χ4v) is 4.30. The molecule has 1 aromatic carbocycles. The maximum absolute atomic E-state index is 5.97. The molecule has 0 N–H and O–H groups in total. The second kappa shape index (κ2) is 8.61. The fraction of sp³-hybridized carbons (Fsp3) is 0.364. The van der Waals surface area contributed by atoms with E-state index in [4.69, 9.17) is 9.26 Å². The number of aryl methyl sites for hydroxylation is 2. The van der Waals surface area contributed by atoms with Crippen LogP contribution in [0.1, 0.15) is 34.7 Å². The molecule has 0 aliphatic carbocycles. The van der Waals surface area contributed by atoms with Crippen molar-refractivity contribution in [1.82, 2.24) is 10.1 Å². The van der Waals surface area contributed by atoms with Crippen LogP contribution in [-0.2, 0) is 6.42 Å². The first-order chi connectivity index (χ1) is 13.7. The van der Waals surface area contributed by atoms with Gasteiger partial charge in [0.15, 0.2) is 5.76 Å². The number of thiazole rings is 1. The van der Waals surface area contributed by atoms with E-state index in [1.807, 2.05) is 31.6 Å². The van der Waals surface area contributed by atoms with E-state index in [1.54, 1.807) is 11.3 Å². The first-order valence-electron chi connectivity index (χ1n) is 9.66. The third kappa shape index (κ3) is 4.44. The van der Waals surface area contributed by atoms with Gasteiger partial charge in [-0.2, -0.15) is 0 Å². The van der Waals surface area contributed by atoms with Gasteiger partial charge in [0.25, 0.3) is 0 Å². The minimum Gasteiger partial charge on any atom is -0.493 e. The van der Waals surface area contributed by atoms with E-state index in [-0.39, 0.29) is 0 Å². The van der Waals surface area contributed by atoms with Crippen LogP contribution in [-0.4, -0.2) is 29.8 Å². The number of rotatable bonds is 6. The molecule has 28 heavy (non-hydrogen) atoms. The third-order valence-electron chi connectivity index (χ3n) is 5.14. The van der Waals surface area contributed by atoms with Crippen LogP contribution in [0.3, 0.4) is 0 Å². The molecule has 146 valence electrons. The highest BCUT2D eigenvalue weighted by Crippen LogP contribution is 2.27. The van der Waals surface area contributed by atoms with Gasteiger partial charge in [-0.25, -0.2) is 4.98 Å². The van der Waals surface area contributed by atoms with Gasteiger partial charge in [0.2, 0.25) is 0 Å².